The number of thiazole rings is 1. The molecule has 0 N–H and O–H groups in total. The van der Waals surface area contributed by atoms with Gasteiger partial charge in [-0.25, -0.2) is 4.79 Å². The van der Waals surface area contributed by atoms with Crippen LogP contribution in [0.25, 0.3) is 10.2 Å². The average molecular weight is 397 g/mol. The van der Waals surface area contributed by atoms with Crippen LogP contribution in [0.5, 0.6) is 0 Å². The Kier molecular flexibility index (Phi) is 5.46. The molecule has 0 aliphatic heterocycles. The van der Waals surface area contributed by atoms with Crippen molar-refractivity contribution in [1.82, 2.24) is 4.57 Å². The molecule has 28 heavy (non-hydrogen) atoms. The number of nitro groups is 1. The molecule has 1 heterocycles. The van der Waals surface area contributed by atoms with E-state index in [0.29, 0.717) is 27.2 Å². The van der Waals surface area contributed by atoms with E-state index in [1.807, 2.05) is 0 Å². The zero-order chi connectivity index (χ0) is 20.3. The standard InChI is InChI=1S/C19H15N3O5S/c1-3-10-21-15-9-8-14(22(25)26)11-16(15)28-19(21)20-17(23)12-4-6-13(7-5-12)18(24)27-2/h3-9,11H,1,10H2,2H3. The van der Waals surface area contributed by atoms with Crippen LogP contribution in [-0.4, -0.2) is 28.5 Å². The fraction of sp³-hybridized carbons (Fsp3) is 0.105. The molecule has 0 unspecified atom stereocenters. The van der Waals surface area contributed by atoms with Gasteiger partial charge in [-0.05, 0) is 30.3 Å². The van der Waals surface area contributed by atoms with Crippen LogP contribution < -0.4 is 4.80 Å². The lowest BCUT2D eigenvalue weighted by Crippen LogP contribution is -2.16. The van der Waals surface area contributed by atoms with Crippen molar-refractivity contribution in [2.24, 2.45) is 4.99 Å². The first-order chi connectivity index (χ1) is 13.4. The first-order valence-corrected chi connectivity index (χ1v) is 8.92. The Balaban J connectivity index is 2.05. The molecule has 0 fully saturated rings. The molecule has 0 radical (unpaired) electrons. The lowest BCUT2D eigenvalue weighted by atomic mass is 10.1. The highest BCUT2D eigenvalue weighted by molar-refractivity contribution is 7.16. The summed E-state index contributed by atoms with van der Waals surface area (Å²) in [6.07, 6.45) is 1.65. The third-order valence-corrected chi connectivity index (χ3v) is 4.98. The fourth-order valence-corrected chi connectivity index (χ4v) is 3.66. The van der Waals surface area contributed by atoms with E-state index in [2.05, 4.69) is 16.3 Å². The molecule has 1 aromatic heterocycles. The molecule has 0 aliphatic rings. The molecule has 3 rings (SSSR count). The molecule has 0 aliphatic carbocycles. The lowest BCUT2D eigenvalue weighted by molar-refractivity contribution is -0.384. The Morgan fingerprint density at radius 2 is 1.93 bits per heavy atom. The van der Waals surface area contributed by atoms with Crippen LogP contribution >= 0.6 is 11.3 Å². The summed E-state index contributed by atoms with van der Waals surface area (Å²) < 4.78 is 7.03. The van der Waals surface area contributed by atoms with Gasteiger partial charge in [0.2, 0.25) is 0 Å². The number of allylic oxidation sites excluding steroid dienone is 1. The number of carbonyl (C=O) groups is 2. The Bertz CT molecular complexity index is 1160. The van der Waals surface area contributed by atoms with E-state index < -0.39 is 16.8 Å². The molecule has 9 heteroatoms. The van der Waals surface area contributed by atoms with Crippen LogP contribution in [0.3, 0.4) is 0 Å². The second-order valence-corrected chi connectivity index (χ2v) is 6.69. The van der Waals surface area contributed by atoms with Crippen molar-refractivity contribution in [2.45, 2.75) is 6.54 Å². The van der Waals surface area contributed by atoms with Crippen LogP contribution in [0.2, 0.25) is 0 Å². The van der Waals surface area contributed by atoms with E-state index >= 15 is 0 Å². The van der Waals surface area contributed by atoms with Crippen molar-refractivity contribution in [3.8, 4) is 0 Å². The molecule has 8 nitrogen and oxygen atoms in total. The fourth-order valence-electron chi connectivity index (χ4n) is 2.58. The number of fused-ring (bicyclic) bond motifs is 1. The van der Waals surface area contributed by atoms with Gasteiger partial charge >= 0.3 is 5.97 Å². The Morgan fingerprint density at radius 1 is 1.25 bits per heavy atom. The number of ether oxygens (including phenoxy) is 1. The van der Waals surface area contributed by atoms with E-state index in [9.17, 15) is 19.7 Å². The van der Waals surface area contributed by atoms with E-state index in [1.165, 1.54) is 54.8 Å². The second kappa shape index (κ2) is 7.97. The molecular weight excluding hydrogens is 382 g/mol. The van der Waals surface area contributed by atoms with Crippen molar-refractivity contribution in [2.75, 3.05) is 7.11 Å². The summed E-state index contributed by atoms with van der Waals surface area (Å²) in [5.74, 6) is -0.985. The quantitative estimate of drug-likeness (QED) is 0.284. The van der Waals surface area contributed by atoms with Gasteiger partial charge in [0.1, 0.15) is 0 Å². The van der Waals surface area contributed by atoms with Crippen molar-refractivity contribution >= 4 is 39.1 Å². The Hall–Kier alpha value is -3.59. The zero-order valence-electron chi connectivity index (χ0n) is 14.8. The maximum Gasteiger partial charge on any atom is 0.337 e. The predicted molar refractivity (Wildman–Crippen MR) is 104 cm³/mol. The third kappa shape index (κ3) is 3.74. The molecule has 142 valence electrons. The summed E-state index contributed by atoms with van der Waals surface area (Å²) in [6.45, 7) is 4.10. The normalized spacial score (nSPS) is 11.4. The van der Waals surface area contributed by atoms with Crippen LogP contribution in [0.4, 0.5) is 5.69 Å². The predicted octanol–water partition coefficient (Wildman–Crippen LogP) is 3.32. The summed E-state index contributed by atoms with van der Waals surface area (Å²) in [6, 6.07) is 10.5. The number of carbonyl (C=O) groups excluding carboxylic acids is 2. The summed E-state index contributed by atoms with van der Waals surface area (Å²) >= 11 is 1.18. The average Bonchev–Trinajstić information content (AvgIpc) is 3.04. The monoisotopic (exact) mass is 397 g/mol. The molecule has 0 saturated carbocycles. The number of hydrogen-bond donors (Lipinski definition) is 0. The summed E-state index contributed by atoms with van der Waals surface area (Å²) in [4.78, 5) is 39.1. The number of benzene rings is 2. The van der Waals surface area contributed by atoms with E-state index in [1.54, 1.807) is 16.7 Å². The first kappa shape index (κ1) is 19.2. The topological polar surface area (TPSA) is 104 Å². The second-order valence-electron chi connectivity index (χ2n) is 5.68. The van der Waals surface area contributed by atoms with Gasteiger partial charge in [0.15, 0.2) is 4.80 Å². The zero-order valence-corrected chi connectivity index (χ0v) is 15.6. The Labute approximate surface area is 163 Å². The highest BCUT2D eigenvalue weighted by atomic mass is 32.1. The Morgan fingerprint density at radius 3 is 2.54 bits per heavy atom. The largest absolute Gasteiger partial charge is 0.465 e. The molecule has 0 bridgehead atoms. The molecular formula is C19H15N3O5S. The van der Waals surface area contributed by atoms with Gasteiger partial charge in [-0.1, -0.05) is 17.4 Å². The third-order valence-electron chi connectivity index (χ3n) is 3.94. The van der Waals surface area contributed by atoms with Gasteiger partial charge in [0.25, 0.3) is 11.6 Å². The number of non-ortho nitro benzene ring substituents is 1. The molecule has 1 amide bonds. The molecule has 0 atom stereocenters. The highest BCUT2D eigenvalue weighted by Crippen LogP contribution is 2.23. The summed E-state index contributed by atoms with van der Waals surface area (Å²) in [5, 5.41) is 11.0. The van der Waals surface area contributed by atoms with Crippen molar-refractivity contribution in [3.63, 3.8) is 0 Å². The van der Waals surface area contributed by atoms with Crippen molar-refractivity contribution < 1.29 is 19.2 Å². The highest BCUT2D eigenvalue weighted by Gasteiger charge is 2.13. The van der Waals surface area contributed by atoms with Gasteiger partial charge in [0, 0.05) is 24.2 Å². The van der Waals surface area contributed by atoms with E-state index in [4.69, 9.17) is 0 Å². The molecule has 0 saturated heterocycles. The molecule has 0 spiro atoms. The molecule has 3 aromatic rings. The van der Waals surface area contributed by atoms with Gasteiger partial charge in [-0.15, -0.1) is 6.58 Å². The van der Waals surface area contributed by atoms with Crippen LogP contribution in [0, 0.1) is 10.1 Å². The van der Waals surface area contributed by atoms with Crippen LogP contribution in [0.1, 0.15) is 20.7 Å². The van der Waals surface area contributed by atoms with Crippen LogP contribution in [-0.2, 0) is 11.3 Å². The number of esters is 1. The first-order valence-electron chi connectivity index (χ1n) is 8.10. The van der Waals surface area contributed by atoms with Gasteiger partial charge < -0.3 is 9.30 Å². The number of nitrogens with zero attached hydrogens (tertiary/aromatic N) is 3. The molecule has 2 aromatic carbocycles. The van der Waals surface area contributed by atoms with Crippen molar-refractivity contribution in [1.29, 1.82) is 0 Å². The van der Waals surface area contributed by atoms with E-state index in [-0.39, 0.29) is 5.69 Å². The summed E-state index contributed by atoms with van der Waals surface area (Å²) in [5.41, 5.74) is 1.33. The summed E-state index contributed by atoms with van der Waals surface area (Å²) in [7, 11) is 1.28. The van der Waals surface area contributed by atoms with Gasteiger partial charge in [0.05, 0.1) is 27.8 Å². The minimum Gasteiger partial charge on any atom is -0.465 e. The van der Waals surface area contributed by atoms with Gasteiger partial charge in [-0.3, -0.25) is 14.9 Å². The van der Waals surface area contributed by atoms with Gasteiger partial charge in [-0.2, -0.15) is 4.99 Å². The number of aromatic nitrogens is 1. The van der Waals surface area contributed by atoms with Crippen molar-refractivity contribution in [3.05, 3.63) is 81.2 Å². The number of nitro benzene ring substituents is 1. The minimum atomic E-state index is -0.495. The number of methoxy groups -OCH3 is 1. The SMILES string of the molecule is C=CCn1c(=NC(=O)c2ccc(C(=O)OC)cc2)sc2cc([N+](=O)[O-])ccc21. The van der Waals surface area contributed by atoms with E-state index in [0.717, 1.165) is 5.52 Å². The maximum atomic E-state index is 12.5. The minimum absolute atomic E-state index is 0.0317. The smallest absolute Gasteiger partial charge is 0.337 e. The number of hydrogen-bond acceptors (Lipinski definition) is 6. The lowest BCUT2D eigenvalue weighted by Gasteiger charge is -2.01. The van der Waals surface area contributed by atoms with Crippen LogP contribution in [0.15, 0.2) is 60.1 Å². The maximum absolute atomic E-state index is 12.5. The number of amides is 1. The number of rotatable bonds is 5.